The Bertz CT molecular complexity index is 139. The van der Waals surface area contributed by atoms with Gasteiger partial charge in [-0.3, -0.25) is 4.79 Å². The second-order valence-corrected chi connectivity index (χ2v) is 3.26. The van der Waals surface area contributed by atoms with Crippen LogP contribution >= 0.6 is 0 Å². The molecule has 2 atom stereocenters. The van der Waals surface area contributed by atoms with E-state index in [1.807, 2.05) is 14.0 Å². The first kappa shape index (κ1) is 11.4. The maximum Gasteiger partial charge on any atom is 0.303 e. The van der Waals surface area contributed by atoms with Gasteiger partial charge in [-0.25, -0.2) is 0 Å². The fourth-order valence-corrected chi connectivity index (χ4v) is 1.24. The molecule has 0 aliphatic rings. The van der Waals surface area contributed by atoms with E-state index in [9.17, 15) is 4.79 Å². The highest BCUT2D eigenvalue weighted by atomic mass is 16.4. The minimum atomic E-state index is -0.751. The number of nitrogens with one attached hydrogen (secondary N) is 1. The molecule has 0 aromatic rings. The third kappa shape index (κ3) is 6.12. The highest BCUT2D eigenvalue weighted by Gasteiger charge is 2.11. The van der Waals surface area contributed by atoms with E-state index in [0.717, 1.165) is 13.0 Å². The van der Waals surface area contributed by atoms with Crippen molar-refractivity contribution in [3.05, 3.63) is 0 Å². The van der Waals surface area contributed by atoms with E-state index in [1.54, 1.807) is 0 Å². The van der Waals surface area contributed by atoms with Crippen LogP contribution in [0.5, 0.6) is 0 Å². The Labute approximate surface area is 73.1 Å². The molecule has 0 bridgehead atoms. The summed E-state index contributed by atoms with van der Waals surface area (Å²) in [6.07, 6.45) is 0.963. The van der Waals surface area contributed by atoms with Crippen molar-refractivity contribution in [2.45, 2.75) is 25.8 Å². The molecule has 4 nitrogen and oxygen atoms in total. The van der Waals surface area contributed by atoms with Crippen LogP contribution in [-0.2, 0) is 4.79 Å². The van der Waals surface area contributed by atoms with Crippen LogP contribution in [0.3, 0.4) is 0 Å². The number of aliphatic carboxylic acids is 1. The summed E-state index contributed by atoms with van der Waals surface area (Å²) in [4.78, 5) is 10.3. The minimum absolute atomic E-state index is 0.0596. The van der Waals surface area contributed by atoms with Gasteiger partial charge in [-0.05, 0) is 19.4 Å². The lowest BCUT2D eigenvalue weighted by atomic mass is 9.99. The molecule has 0 spiro atoms. The quantitative estimate of drug-likeness (QED) is 0.531. The number of carboxylic acid groups (broad SMARTS) is 1. The molecule has 0 unspecified atom stereocenters. The first-order valence-electron chi connectivity index (χ1n) is 4.18. The molecular formula is C8H18N2O2. The zero-order valence-corrected chi connectivity index (χ0v) is 7.71. The second kappa shape index (κ2) is 5.97. The number of hydrogen-bond acceptors (Lipinski definition) is 3. The maximum absolute atomic E-state index is 10.3. The molecule has 4 heteroatoms. The molecule has 0 rings (SSSR count). The van der Waals surface area contributed by atoms with Gasteiger partial charge >= 0.3 is 5.97 Å². The molecule has 0 saturated carbocycles. The van der Waals surface area contributed by atoms with Crippen LogP contribution in [0.1, 0.15) is 19.8 Å². The van der Waals surface area contributed by atoms with Gasteiger partial charge in [-0.2, -0.15) is 0 Å². The lowest BCUT2D eigenvalue weighted by Crippen LogP contribution is -2.33. The molecule has 0 aliphatic heterocycles. The summed E-state index contributed by atoms with van der Waals surface area (Å²) in [5, 5.41) is 11.4. The van der Waals surface area contributed by atoms with Crippen molar-refractivity contribution in [2.75, 3.05) is 13.6 Å². The number of rotatable bonds is 6. The van der Waals surface area contributed by atoms with E-state index in [4.69, 9.17) is 10.8 Å². The fraction of sp³-hybridized carbons (Fsp3) is 0.875. The van der Waals surface area contributed by atoms with Gasteiger partial charge in [0.25, 0.3) is 0 Å². The summed E-state index contributed by atoms with van der Waals surface area (Å²) in [5.74, 6) is -0.593. The monoisotopic (exact) mass is 174 g/mol. The van der Waals surface area contributed by atoms with Crippen LogP contribution in [0.2, 0.25) is 0 Å². The van der Waals surface area contributed by atoms with Gasteiger partial charge in [0.2, 0.25) is 0 Å². The third-order valence-electron chi connectivity index (χ3n) is 1.69. The van der Waals surface area contributed by atoms with Crippen LogP contribution in [0.15, 0.2) is 0 Å². The highest BCUT2D eigenvalue weighted by molar-refractivity contribution is 5.66. The van der Waals surface area contributed by atoms with Crippen molar-refractivity contribution in [3.8, 4) is 0 Å². The van der Waals surface area contributed by atoms with Crippen molar-refractivity contribution >= 4 is 5.97 Å². The molecule has 0 saturated heterocycles. The van der Waals surface area contributed by atoms with Crippen LogP contribution < -0.4 is 11.1 Å². The molecule has 0 radical (unpaired) electrons. The SMILES string of the molecule is CNC[C@@H](N)C[C@H](C)CC(=O)O. The Morgan fingerprint density at radius 1 is 1.67 bits per heavy atom. The number of carbonyl (C=O) groups is 1. The standard InChI is InChI=1S/C8H18N2O2/c1-6(4-8(11)12)3-7(9)5-10-2/h6-7,10H,3-5,9H2,1-2H3,(H,11,12)/t6-,7-/m0/s1. The molecule has 0 amide bonds. The van der Waals surface area contributed by atoms with Crippen molar-refractivity contribution in [2.24, 2.45) is 11.7 Å². The van der Waals surface area contributed by atoms with Crippen LogP contribution in [0.25, 0.3) is 0 Å². The van der Waals surface area contributed by atoms with E-state index in [2.05, 4.69) is 5.32 Å². The molecule has 0 aromatic heterocycles. The summed E-state index contributed by atoms with van der Waals surface area (Å²) in [5.41, 5.74) is 5.71. The van der Waals surface area contributed by atoms with Gasteiger partial charge < -0.3 is 16.2 Å². The minimum Gasteiger partial charge on any atom is -0.481 e. The lowest BCUT2D eigenvalue weighted by Gasteiger charge is -2.14. The lowest BCUT2D eigenvalue weighted by molar-refractivity contribution is -0.138. The molecule has 0 aliphatic carbocycles. The molecular weight excluding hydrogens is 156 g/mol. The average Bonchev–Trinajstić information content (AvgIpc) is 1.84. The van der Waals surface area contributed by atoms with Gasteiger partial charge in [0.1, 0.15) is 0 Å². The Balaban J connectivity index is 3.53. The Kier molecular flexibility index (Phi) is 5.66. The molecule has 0 heterocycles. The van der Waals surface area contributed by atoms with Crippen LogP contribution in [-0.4, -0.2) is 30.7 Å². The molecule has 0 fully saturated rings. The van der Waals surface area contributed by atoms with Gasteiger partial charge in [0.05, 0.1) is 0 Å². The summed E-state index contributed by atoms with van der Waals surface area (Å²) in [7, 11) is 1.84. The Morgan fingerprint density at radius 3 is 2.67 bits per heavy atom. The second-order valence-electron chi connectivity index (χ2n) is 3.26. The zero-order valence-electron chi connectivity index (χ0n) is 7.71. The van der Waals surface area contributed by atoms with Crippen molar-refractivity contribution in [1.82, 2.24) is 5.32 Å². The number of hydrogen-bond donors (Lipinski definition) is 3. The van der Waals surface area contributed by atoms with E-state index < -0.39 is 5.97 Å². The van der Waals surface area contributed by atoms with Crippen molar-refractivity contribution in [1.29, 1.82) is 0 Å². The van der Waals surface area contributed by atoms with E-state index in [-0.39, 0.29) is 18.4 Å². The summed E-state index contributed by atoms with van der Waals surface area (Å²) < 4.78 is 0. The zero-order chi connectivity index (χ0) is 9.56. The molecule has 12 heavy (non-hydrogen) atoms. The van der Waals surface area contributed by atoms with Crippen LogP contribution in [0.4, 0.5) is 0 Å². The molecule has 72 valence electrons. The van der Waals surface area contributed by atoms with Gasteiger partial charge in [-0.1, -0.05) is 6.92 Å². The van der Waals surface area contributed by atoms with E-state index >= 15 is 0 Å². The topological polar surface area (TPSA) is 75.3 Å². The summed E-state index contributed by atoms with van der Waals surface area (Å²) in [6, 6.07) is 0.0596. The maximum atomic E-state index is 10.3. The smallest absolute Gasteiger partial charge is 0.303 e. The van der Waals surface area contributed by atoms with Crippen LogP contribution in [0, 0.1) is 5.92 Å². The Morgan fingerprint density at radius 2 is 2.25 bits per heavy atom. The van der Waals surface area contributed by atoms with Gasteiger partial charge in [0, 0.05) is 19.0 Å². The van der Waals surface area contributed by atoms with Crippen molar-refractivity contribution in [3.63, 3.8) is 0 Å². The summed E-state index contributed by atoms with van der Waals surface area (Å²) >= 11 is 0. The highest BCUT2D eigenvalue weighted by Crippen LogP contribution is 2.08. The number of carboxylic acids is 1. The van der Waals surface area contributed by atoms with Gasteiger partial charge in [0.15, 0.2) is 0 Å². The van der Waals surface area contributed by atoms with Gasteiger partial charge in [-0.15, -0.1) is 0 Å². The third-order valence-corrected chi connectivity index (χ3v) is 1.69. The first-order chi connectivity index (χ1) is 5.56. The average molecular weight is 174 g/mol. The van der Waals surface area contributed by atoms with E-state index in [1.165, 1.54) is 0 Å². The Hall–Kier alpha value is -0.610. The predicted octanol–water partition coefficient (Wildman–Crippen LogP) is 0.0340. The normalized spacial score (nSPS) is 15.6. The van der Waals surface area contributed by atoms with E-state index in [0.29, 0.717) is 0 Å². The van der Waals surface area contributed by atoms with Crippen molar-refractivity contribution < 1.29 is 9.90 Å². The first-order valence-corrected chi connectivity index (χ1v) is 4.18. The number of likely N-dealkylation sites (N-methyl/N-ethyl adjacent to an activating group) is 1. The molecule has 4 N–H and O–H groups in total. The largest absolute Gasteiger partial charge is 0.481 e. The number of nitrogens with two attached hydrogens (primary N) is 1. The fourth-order valence-electron chi connectivity index (χ4n) is 1.24. The predicted molar refractivity (Wildman–Crippen MR) is 47.9 cm³/mol. The summed E-state index contributed by atoms with van der Waals surface area (Å²) in [6.45, 7) is 2.65. The molecule has 0 aromatic carbocycles.